The third kappa shape index (κ3) is 3.66. The van der Waals surface area contributed by atoms with E-state index in [1.807, 2.05) is 26.1 Å². The number of benzene rings is 1. The van der Waals surface area contributed by atoms with Crippen molar-refractivity contribution < 1.29 is 9.90 Å². The molecular formula is C13H19NO2. The van der Waals surface area contributed by atoms with Gasteiger partial charge in [-0.1, -0.05) is 24.3 Å². The molecule has 1 aromatic carbocycles. The summed E-state index contributed by atoms with van der Waals surface area (Å²) in [5.74, 6) is -0.746. The number of rotatable bonds is 5. The Morgan fingerprint density at radius 2 is 2.06 bits per heavy atom. The minimum atomic E-state index is -0.746. The molecule has 1 rings (SSSR count). The molecule has 3 nitrogen and oxygen atoms in total. The van der Waals surface area contributed by atoms with Gasteiger partial charge in [0, 0.05) is 12.6 Å². The first-order valence-electron chi connectivity index (χ1n) is 5.47. The van der Waals surface area contributed by atoms with Crippen LogP contribution in [0.3, 0.4) is 0 Å². The monoisotopic (exact) mass is 221 g/mol. The fourth-order valence-electron chi connectivity index (χ4n) is 1.62. The van der Waals surface area contributed by atoms with Gasteiger partial charge >= 0.3 is 5.97 Å². The number of carboxylic acids is 1. The lowest BCUT2D eigenvalue weighted by Crippen LogP contribution is -2.30. The summed E-state index contributed by atoms with van der Waals surface area (Å²) in [7, 11) is 1.96. The minimum Gasteiger partial charge on any atom is -0.481 e. The van der Waals surface area contributed by atoms with Crippen molar-refractivity contribution >= 4 is 5.97 Å². The van der Waals surface area contributed by atoms with Gasteiger partial charge in [-0.3, -0.25) is 9.69 Å². The Morgan fingerprint density at radius 3 is 2.62 bits per heavy atom. The molecule has 16 heavy (non-hydrogen) atoms. The molecule has 1 atom stereocenters. The second-order valence-corrected chi connectivity index (χ2v) is 4.29. The van der Waals surface area contributed by atoms with Gasteiger partial charge in [-0.15, -0.1) is 0 Å². The van der Waals surface area contributed by atoms with Crippen LogP contribution in [-0.4, -0.2) is 29.1 Å². The maximum Gasteiger partial charge on any atom is 0.304 e. The third-order valence-electron chi connectivity index (χ3n) is 2.90. The largest absolute Gasteiger partial charge is 0.481 e. The average molecular weight is 221 g/mol. The van der Waals surface area contributed by atoms with Crippen molar-refractivity contribution in [2.24, 2.45) is 0 Å². The van der Waals surface area contributed by atoms with E-state index in [1.165, 1.54) is 11.1 Å². The molecule has 0 radical (unpaired) electrons. The molecule has 0 saturated heterocycles. The van der Waals surface area contributed by atoms with Crippen LogP contribution in [0.15, 0.2) is 24.3 Å². The predicted octanol–water partition coefficient (Wildman–Crippen LogP) is 2.29. The number of hydrogen-bond acceptors (Lipinski definition) is 2. The first kappa shape index (κ1) is 12.7. The van der Waals surface area contributed by atoms with Crippen LogP contribution in [-0.2, 0) is 11.3 Å². The number of aliphatic carboxylic acids is 1. The molecule has 0 heterocycles. The Hall–Kier alpha value is -1.35. The molecule has 0 aliphatic carbocycles. The van der Waals surface area contributed by atoms with Crippen molar-refractivity contribution in [1.82, 2.24) is 4.90 Å². The molecule has 0 amide bonds. The molecule has 0 aromatic heterocycles. The fourth-order valence-corrected chi connectivity index (χ4v) is 1.62. The van der Waals surface area contributed by atoms with Gasteiger partial charge in [0.2, 0.25) is 0 Å². The average Bonchev–Trinajstić information content (AvgIpc) is 2.20. The molecule has 0 aliphatic rings. The van der Waals surface area contributed by atoms with E-state index in [1.54, 1.807) is 0 Å². The van der Waals surface area contributed by atoms with Crippen molar-refractivity contribution in [3.63, 3.8) is 0 Å². The lowest BCUT2D eigenvalue weighted by atomic mass is 10.1. The lowest BCUT2D eigenvalue weighted by Gasteiger charge is -2.24. The SMILES string of the molecule is Cc1ccccc1CN(C)C(C)CC(=O)O. The summed E-state index contributed by atoms with van der Waals surface area (Å²) < 4.78 is 0. The fraction of sp³-hybridized carbons (Fsp3) is 0.462. The van der Waals surface area contributed by atoms with Crippen LogP contribution in [0.5, 0.6) is 0 Å². The summed E-state index contributed by atoms with van der Waals surface area (Å²) in [5.41, 5.74) is 2.50. The molecule has 1 aromatic rings. The number of carbonyl (C=O) groups is 1. The highest BCUT2D eigenvalue weighted by Gasteiger charge is 2.13. The van der Waals surface area contributed by atoms with Crippen LogP contribution in [0.1, 0.15) is 24.5 Å². The summed E-state index contributed by atoms with van der Waals surface area (Å²) in [5, 5.41) is 8.73. The first-order chi connectivity index (χ1) is 7.50. The van der Waals surface area contributed by atoms with Crippen LogP contribution in [0.2, 0.25) is 0 Å². The molecule has 0 fully saturated rings. The normalized spacial score (nSPS) is 12.8. The molecule has 1 N–H and O–H groups in total. The maximum atomic E-state index is 10.6. The van der Waals surface area contributed by atoms with Crippen LogP contribution in [0, 0.1) is 6.92 Å². The van der Waals surface area contributed by atoms with Gasteiger partial charge in [-0.05, 0) is 32.0 Å². The van der Waals surface area contributed by atoms with E-state index in [0.29, 0.717) is 0 Å². The highest BCUT2D eigenvalue weighted by molar-refractivity contribution is 5.67. The summed E-state index contributed by atoms with van der Waals surface area (Å²) in [6.07, 6.45) is 0.183. The zero-order valence-corrected chi connectivity index (χ0v) is 10.1. The number of aryl methyl sites for hydroxylation is 1. The summed E-state index contributed by atoms with van der Waals surface area (Å²) in [4.78, 5) is 12.7. The molecule has 0 bridgehead atoms. The van der Waals surface area contributed by atoms with E-state index < -0.39 is 5.97 Å². The van der Waals surface area contributed by atoms with Gasteiger partial charge in [0.15, 0.2) is 0 Å². The Labute approximate surface area is 96.7 Å². The Bertz CT molecular complexity index is 363. The van der Waals surface area contributed by atoms with Crippen molar-refractivity contribution in [2.75, 3.05) is 7.05 Å². The van der Waals surface area contributed by atoms with Crippen LogP contribution in [0.25, 0.3) is 0 Å². The van der Waals surface area contributed by atoms with Crippen molar-refractivity contribution in [3.05, 3.63) is 35.4 Å². The second kappa shape index (κ2) is 5.66. The van der Waals surface area contributed by atoms with E-state index in [-0.39, 0.29) is 12.5 Å². The van der Waals surface area contributed by atoms with Gasteiger partial charge in [-0.2, -0.15) is 0 Å². The van der Waals surface area contributed by atoms with E-state index in [9.17, 15) is 4.79 Å². The van der Waals surface area contributed by atoms with Gasteiger partial charge in [0.1, 0.15) is 0 Å². The Balaban J connectivity index is 2.60. The van der Waals surface area contributed by atoms with Crippen LogP contribution < -0.4 is 0 Å². The highest BCUT2D eigenvalue weighted by atomic mass is 16.4. The van der Waals surface area contributed by atoms with Crippen LogP contribution >= 0.6 is 0 Å². The van der Waals surface area contributed by atoms with Crippen molar-refractivity contribution in [1.29, 1.82) is 0 Å². The molecule has 1 unspecified atom stereocenters. The predicted molar refractivity (Wildman–Crippen MR) is 64.4 cm³/mol. The highest BCUT2D eigenvalue weighted by Crippen LogP contribution is 2.12. The standard InChI is InChI=1S/C13H19NO2/c1-10-6-4-5-7-12(10)9-14(3)11(2)8-13(15)16/h4-7,11H,8-9H2,1-3H3,(H,15,16). The van der Waals surface area contributed by atoms with Crippen molar-refractivity contribution in [2.45, 2.75) is 32.9 Å². The quantitative estimate of drug-likeness (QED) is 0.829. The molecular weight excluding hydrogens is 202 g/mol. The molecule has 0 spiro atoms. The maximum absolute atomic E-state index is 10.6. The molecule has 0 aliphatic heterocycles. The van der Waals surface area contributed by atoms with Gasteiger partial charge in [0.05, 0.1) is 6.42 Å². The van der Waals surface area contributed by atoms with E-state index in [0.717, 1.165) is 6.54 Å². The van der Waals surface area contributed by atoms with E-state index in [4.69, 9.17) is 5.11 Å². The molecule has 0 saturated carbocycles. The number of nitrogens with zero attached hydrogens (tertiary/aromatic N) is 1. The summed E-state index contributed by atoms with van der Waals surface area (Å²) in [6.45, 7) is 4.80. The number of carboxylic acid groups (broad SMARTS) is 1. The van der Waals surface area contributed by atoms with E-state index >= 15 is 0 Å². The third-order valence-corrected chi connectivity index (χ3v) is 2.90. The first-order valence-corrected chi connectivity index (χ1v) is 5.47. The van der Waals surface area contributed by atoms with Crippen molar-refractivity contribution in [3.8, 4) is 0 Å². The minimum absolute atomic E-state index is 0.0529. The van der Waals surface area contributed by atoms with Crippen LogP contribution in [0.4, 0.5) is 0 Å². The lowest BCUT2D eigenvalue weighted by molar-refractivity contribution is -0.138. The zero-order chi connectivity index (χ0) is 12.1. The molecule has 3 heteroatoms. The van der Waals surface area contributed by atoms with E-state index in [2.05, 4.69) is 24.0 Å². The Kier molecular flexibility index (Phi) is 4.50. The smallest absolute Gasteiger partial charge is 0.304 e. The molecule has 88 valence electrons. The van der Waals surface area contributed by atoms with Gasteiger partial charge in [0.25, 0.3) is 0 Å². The summed E-state index contributed by atoms with van der Waals surface area (Å²) in [6, 6.07) is 8.24. The Morgan fingerprint density at radius 1 is 1.44 bits per heavy atom. The van der Waals surface area contributed by atoms with Gasteiger partial charge < -0.3 is 5.11 Å². The topological polar surface area (TPSA) is 40.5 Å². The number of hydrogen-bond donors (Lipinski definition) is 1. The van der Waals surface area contributed by atoms with Gasteiger partial charge in [-0.25, -0.2) is 0 Å². The zero-order valence-electron chi connectivity index (χ0n) is 10.1. The summed E-state index contributed by atoms with van der Waals surface area (Å²) >= 11 is 0. The second-order valence-electron chi connectivity index (χ2n) is 4.29.